The molecule has 3 aromatic rings. The Kier molecular flexibility index (Phi) is 3.42. The number of benzene rings is 1. The van der Waals surface area contributed by atoms with Gasteiger partial charge in [-0.05, 0) is 47.4 Å². The number of fused-ring (bicyclic) bond motifs is 1. The van der Waals surface area contributed by atoms with Gasteiger partial charge in [0.25, 0.3) is 0 Å². The van der Waals surface area contributed by atoms with Gasteiger partial charge in [-0.15, -0.1) is 0 Å². The molecule has 1 amide bonds. The number of imidazole rings is 1. The molecule has 1 N–H and O–H groups in total. The van der Waals surface area contributed by atoms with Crippen LogP contribution in [-0.4, -0.2) is 27.3 Å². The highest BCUT2D eigenvalue weighted by Crippen LogP contribution is 2.32. The van der Waals surface area contributed by atoms with E-state index in [0.717, 1.165) is 41.8 Å². The van der Waals surface area contributed by atoms with Crippen LogP contribution in [0.25, 0.3) is 11.0 Å². The molecule has 5 heteroatoms. The van der Waals surface area contributed by atoms with Gasteiger partial charge in [0.05, 0.1) is 23.5 Å². The summed E-state index contributed by atoms with van der Waals surface area (Å²) in [5.41, 5.74) is 3.11. The first-order valence-corrected chi connectivity index (χ1v) is 8.51. The number of carbonyl (C=O) groups is 1. The number of nitrogens with zero attached hydrogens (tertiary/aromatic N) is 2. The minimum atomic E-state index is 0.0820. The minimum absolute atomic E-state index is 0.0820. The van der Waals surface area contributed by atoms with E-state index in [1.54, 1.807) is 11.3 Å². The van der Waals surface area contributed by atoms with Crippen LogP contribution in [-0.2, 0) is 11.2 Å². The smallest absolute Gasteiger partial charge is 0.227 e. The SMILES string of the molecule is O=C(Cc1ccsc1)N1CCCC1c1nc2ccccc2[nH]1. The number of aromatic nitrogens is 2. The lowest BCUT2D eigenvalue weighted by Crippen LogP contribution is -2.32. The van der Waals surface area contributed by atoms with Crippen LogP contribution >= 0.6 is 11.3 Å². The zero-order valence-electron chi connectivity index (χ0n) is 12.2. The Balaban J connectivity index is 1.58. The van der Waals surface area contributed by atoms with Crippen LogP contribution in [0.3, 0.4) is 0 Å². The maximum atomic E-state index is 12.6. The molecule has 1 fully saturated rings. The first-order chi connectivity index (χ1) is 10.8. The Morgan fingerprint density at radius 2 is 2.27 bits per heavy atom. The van der Waals surface area contributed by atoms with Gasteiger partial charge >= 0.3 is 0 Å². The molecule has 0 bridgehead atoms. The summed E-state index contributed by atoms with van der Waals surface area (Å²) in [5.74, 6) is 1.11. The first-order valence-electron chi connectivity index (χ1n) is 7.56. The summed E-state index contributed by atoms with van der Waals surface area (Å²) in [4.78, 5) is 22.6. The van der Waals surface area contributed by atoms with Crippen molar-refractivity contribution < 1.29 is 4.79 Å². The number of hydrogen-bond acceptors (Lipinski definition) is 3. The Bertz CT molecular complexity index is 760. The van der Waals surface area contributed by atoms with Crippen LogP contribution in [0.4, 0.5) is 0 Å². The summed E-state index contributed by atoms with van der Waals surface area (Å²) in [6, 6.07) is 10.1. The number of rotatable bonds is 3. The maximum Gasteiger partial charge on any atom is 0.227 e. The van der Waals surface area contributed by atoms with E-state index in [1.807, 2.05) is 46.0 Å². The van der Waals surface area contributed by atoms with Crippen LogP contribution in [0.2, 0.25) is 0 Å². The predicted octanol–water partition coefficient (Wildman–Crippen LogP) is 3.53. The van der Waals surface area contributed by atoms with Crippen LogP contribution < -0.4 is 0 Å². The van der Waals surface area contributed by atoms with Gasteiger partial charge in [0.15, 0.2) is 0 Å². The van der Waals surface area contributed by atoms with Gasteiger partial charge in [-0.3, -0.25) is 4.79 Å². The molecule has 0 spiro atoms. The lowest BCUT2D eigenvalue weighted by atomic mass is 10.2. The molecule has 1 unspecified atom stereocenters. The largest absolute Gasteiger partial charge is 0.340 e. The molecule has 0 saturated carbocycles. The van der Waals surface area contributed by atoms with E-state index in [0.29, 0.717) is 6.42 Å². The first kappa shape index (κ1) is 13.5. The molecule has 1 saturated heterocycles. The van der Waals surface area contributed by atoms with Gasteiger partial charge in [0.2, 0.25) is 5.91 Å². The zero-order chi connectivity index (χ0) is 14.9. The average Bonchev–Trinajstić information content (AvgIpc) is 3.26. The topological polar surface area (TPSA) is 49.0 Å². The fourth-order valence-corrected chi connectivity index (χ4v) is 3.82. The number of nitrogens with one attached hydrogen (secondary N) is 1. The van der Waals surface area contributed by atoms with Gasteiger partial charge in [-0.1, -0.05) is 12.1 Å². The van der Waals surface area contributed by atoms with E-state index in [1.165, 1.54) is 0 Å². The molecule has 112 valence electrons. The number of likely N-dealkylation sites (tertiary alicyclic amines) is 1. The summed E-state index contributed by atoms with van der Waals surface area (Å²) in [7, 11) is 0. The second kappa shape index (κ2) is 5.57. The Hall–Kier alpha value is -2.14. The fraction of sp³-hybridized carbons (Fsp3) is 0.294. The molecule has 2 aromatic heterocycles. The average molecular weight is 311 g/mol. The summed E-state index contributed by atoms with van der Waals surface area (Å²) in [6.45, 7) is 0.824. The molecule has 1 aliphatic heterocycles. The van der Waals surface area contributed by atoms with E-state index in [2.05, 4.69) is 9.97 Å². The Morgan fingerprint density at radius 1 is 1.36 bits per heavy atom. The van der Waals surface area contributed by atoms with E-state index in [-0.39, 0.29) is 11.9 Å². The Labute approximate surface area is 132 Å². The molecule has 0 radical (unpaired) electrons. The van der Waals surface area contributed by atoms with Crippen molar-refractivity contribution in [3.8, 4) is 0 Å². The molecule has 1 aromatic carbocycles. The number of amides is 1. The van der Waals surface area contributed by atoms with Gasteiger partial charge < -0.3 is 9.88 Å². The summed E-state index contributed by atoms with van der Waals surface area (Å²) in [5, 5.41) is 4.06. The highest BCUT2D eigenvalue weighted by Gasteiger charge is 2.31. The lowest BCUT2D eigenvalue weighted by Gasteiger charge is -2.23. The van der Waals surface area contributed by atoms with Crippen molar-refractivity contribution in [1.29, 1.82) is 0 Å². The Morgan fingerprint density at radius 3 is 3.09 bits per heavy atom. The van der Waals surface area contributed by atoms with Crippen molar-refractivity contribution in [3.63, 3.8) is 0 Å². The van der Waals surface area contributed by atoms with Crippen LogP contribution in [0.5, 0.6) is 0 Å². The zero-order valence-corrected chi connectivity index (χ0v) is 13.0. The quantitative estimate of drug-likeness (QED) is 0.804. The van der Waals surface area contributed by atoms with Crippen molar-refractivity contribution >= 4 is 28.3 Å². The van der Waals surface area contributed by atoms with E-state index in [9.17, 15) is 4.79 Å². The predicted molar refractivity (Wildman–Crippen MR) is 87.8 cm³/mol. The van der Waals surface area contributed by atoms with E-state index >= 15 is 0 Å². The van der Waals surface area contributed by atoms with Gasteiger partial charge in [-0.2, -0.15) is 11.3 Å². The number of carbonyl (C=O) groups excluding carboxylic acids is 1. The summed E-state index contributed by atoms with van der Waals surface area (Å²) < 4.78 is 0. The molecule has 0 aliphatic carbocycles. The van der Waals surface area contributed by atoms with E-state index in [4.69, 9.17) is 0 Å². The second-order valence-corrected chi connectivity index (χ2v) is 6.47. The third kappa shape index (κ3) is 2.41. The van der Waals surface area contributed by atoms with Gasteiger partial charge in [0.1, 0.15) is 5.82 Å². The third-order valence-electron chi connectivity index (χ3n) is 4.23. The summed E-state index contributed by atoms with van der Waals surface area (Å²) >= 11 is 1.64. The minimum Gasteiger partial charge on any atom is -0.340 e. The number of H-pyrrole nitrogens is 1. The lowest BCUT2D eigenvalue weighted by molar-refractivity contribution is -0.131. The summed E-state index contributed by atoms with van der Waals surface area (Å²) in [6.07, 6.45) is 2.51. The van der Waals surface area contributed by atoms with Crippen molar-refractivity contribution in [2.24, 2.45) is 0 Å². The standard InChI is InChI=1S/C17H17N3OS/c21-16(10-12-7-9-22-11-12)20-8-3-6-15(20)17-18-13-4-1-2-5-14(13)19-17/h1-2,4-5,7,9,11,15H,3,6,8,10H2,(H,18,19). The van der Waals surface area contributed by atoms with Crippen LogP contribution in [0, 0.1) is 0 Å². The van der Waals surface area contributed by atoms with Gasteiger partial charge in [-0.25, -0.2) is 4.98 Å². The number of aromatic amines is 1. The van der Waals surface area contributed by atoms with Crippen molar-refractivity contribution in [3.05, 3.63) is 52.5 Å². The van der Waals surface area contributed by atoms with Gasteiger partial charge in [0, 0.05) is 6.54 Å². The molecule has 4 rings (SSSR count). The van der Waals surface area contributed by atoms with Crippen molar-refractivity contribution in [1.82, 2.24) is 14.9 Å². The third-order valence-corrected chi connectivity index (χ3v) is 4.96. The number of thiophene rings is 1. The highest BCUT2D eigenvalue weighted by molar-refractivity contribution is 7.08. The maximum absolute atomic E-state index is 12.6. The second-order valence-electron chi connectivity index (χ2n) is 5.69. The van der Waals surface area contributed by atoms with Crippen molar-refractivity contribution in [2.45, 2.75) is 25.3 Å². The van der Waals surface area contributed by atoms with Crippen molar-refractivity contribution in [2.75, 3.05) is 6.54 Å². The van der Waals surface area contributed by atoms with Crippen LogP contribution in [0.15, 0.2) is 41.1 Å². The molecule has 1 atom stereocenters. The molecule has 4 nitrogen and oxygen atoms in total. The fourth-order valence-electron chi connectivity index (χ4n) is 3.15. The van der Waals surface area contributed by atoms with E-state index < -0.39 is 0 Å². The molecular weight excluding hydrogens is 294 g/mol. The molecule has 3 heterocycles. The number of hydrogen-bond donors (Lipinski definition) is 1. The molecular formula is C17H17N3OS. The van der Waals surface area contributed by atoms with Crippen LogP contribution in [0.1, 0.15) is 30.3 Å². The molecule has 22 heavy (non-hydrogen) atoms. The number of para-hydroxylation sites is 2. The monoisotopic (exact) mass is 311 g/mol. The normalized spacial score (nSPS) is 18.2. The highest BCUT2D eigenvalue weighted by atomic mass is 32.1. The molecule has 1 aliphatic rings.